The maximum atomic E-state index is 12.0. The Morgan fingerprint density at radius 1 is 1.25 bits per heavy atom. The summed E-state index contributed by atoms with van der Waals surface area (Å²) in [5, 5.41) is 0. The van der Waals surface area contributed by atoms with Crippen LogP contribution in [-0.4, -0.2) is 24.4 Å². The molecule has 1 aromatic heterocycles. The van der Waals surface area contributed by atoms with E-state index in [2.05, 4.69) is 13.8 Å². The molecule has 0 saturated heterocycles. The van der Waals surface area contributed by atoms with Gasteiger partial charge < -0.3 is 4.90 Å². The number of carbonyl (C=O) groups is 1. The van der Waals surface area contributed by atoms with Crippen LogP contribution in [0.4, 0.5) is 0 Å². The summed E-state index contributed by atoms with van der Waals surface area (Å²) in [6.45, 7) is 5.53. The molecule has 0 fully saturated rings. The maximum absolute atomic E-state index is 12.0. The second-order valence-electron chi connectivity index (χ2n) is 5.81. The molecule has 0 N–H and O–H groups in total. The van der Waals surface area contributed by atoms with Gasteiger partial charge in [-0.1, -0.05) is 13.8 Å². The van der Waals surface area contributed by atoms with Gasteiger partial charge in [0.25, 0.3) is 5.91 Å². The standard InChI is InChI=1S/C13H17NOS/c1-13(2)6-9-8-4-5-14(3)12(15)11(8)16-10(9)7-13/h4-7H2,1-3H3. The van der Waals surface area contributed by atoms with Crippen molar-refractivity contribution >= 4 is 17.2 Å². The second-order valence-corrected chi connectivity index (χ2v) is 6.91. The Hall–Kier alpha value is -0.830. The smallest absolute Gasteiger partial charge is 0.263 e. The first-order chi connectivity index (χ1) is 7.48. The van der Waals surface area contributed by atoms with Gasteiger partial charge in [-0.25, -0.2) is 0 Å². The minimum absolute atomic E-state index is 0.235. The number of thiophene rings is 1. The molecule has 2 aliphatic rings. The molecule has 2 heterocycles. The number of hydrogen-bond donors (Lipinski definition) is 0. The van der Waals surface area contributed by atoms with Crippen molar-refractivity contribution in [2.24, 2.45) is 5.41 Å². The van der Waals surface area contributed by atoms with Gasteiger partial charge in [-0.3, -0.25) is 4.79 Å². The van der Waals surface area contributed by atoms with E-state index in [1.54, 1.807) is 11.3 Å². The van der Waals surface area contributed by atoms with Crippen molar-refractivity contribution in [2.45, 2.75) is 33.1 Å². The van der Waals surface area contributed by atoms with Gasteiger partial charge in [0.15, 0.2) is 0 Å². The molecule has 0 unspecified atom stereocenters. The number of amides is 1. The van der Waals surface area contributed by atoms with Gasteiger partial charge in [0, 0.05) is 18.5 Å². The topological polar surface area (TPSA) is 20.3 Å². The minimum atomic E-state index is 0.235. The molecular formula is C13H17NOS. The fourth-order valence-electron chi connectivity index (χ4n) is 2.87. The molecule has 0 atom stereocenters. The van der Waals surface area contributed by atoms with Crippen molar-refractivity contribution in [3.05, 3.63) is 20.9 Å². The van der Waals surface area contributed by atoms with Crippen molar-refractivity contribution < 1.29 is 4.79 Å². The minimum Gasteiger partial charge on any atom is -0.341 e. The number of likely N-dealkylation sites (N-methyl/N-ethyl adjacent to an activating group) is 1. The number of fused-ring (bicyclic) bond motifs is 3. The van der Waals surface area contributed by atoms with Crippen LogP contribution in [-0.2, 0) is 19.3 Å². The third-order valence-electron chi connectivity index (χ3n) is 3.73. The van der Waals surface area contributed by atoms with Crippen molar-refractivity contribution in [3.8, 4) is 0 Å². The van der Waals surface area contributed by atoms with Crippen molar-refractivity contribution in [3.63, 3.8) is 0 Å². The molecule has 16 heavy (non-hydrogen) atoms. The molecule has 0 aromatic carbocycles. The Morgan fingerprint density at radius 2 is 2.00 bits per heavy atom. The fraction of sp³-hybridized carbons (Fsp3) is 0.615. The van der Waals surface area contributed by atoms with Crippen LogP contribution in [0.25, 0.3) is 0 Å². The summed E-state index contributed by atoms with van der Waals surface area (Å²) in [7, 11) is 1.90. The molecule has 2 nitrogen and oxygen atoms in total. The van der Waals surface area contributed by atoms with Gasteiger partial charge in [0.05, 0.1) is 4.88 Å². The van der Waals surface area contributed by atoms with E-state index in [4.69, 9.17) is 0 Å². The number of carbonyl (C=O) groups excluding carboxylic acids is 1. The molecule has 86 valence electrons. The largest absolute Gasteiger partial charge is 0.341 e. The third-order valence-corrected chi connectivity index (χ3v) is 5.00. The van der Waals surface area contributed by atoms with Crippen LogP contribution in [0.5, 0.6) is 0 Å². The zero-order valence-electron chi connectivity index (χ0n) is 10.1. The summed E-state index contributed by atoms with van der Waals surface area (Å²) >= 11 is 1.75. The quantitative estimate of drug-likeness (QED) is 0.676. The summed E-state index contributed by atoms with van der Waals surface area (Å²) in [5.41, 5.74) is 3.28. The zero-order chi connectivity index (χ0) is 11.5. The first-order valence-electron chi connectivity index (χ1n) is 5.87. The van der Waals surface area contributed by atoms with Crippen molar-refractivity contribution in [1.29, 1.82) is 0 Å². The van der Waals surface area contributed by atoms with E-state index in [0.29, 0.717) is 5.41 Å². The van der Waals surface area contributed by atoms with Crippen LogP contribution >= 0.6 is 11.3 Å². The van der Waals surface area contributed by atoms with Crippen LogP contribution in [0.3, 0.4) is 0 Å². The highest BCUT2D eigenvalue weighted by atomic mass is 32.1. The molecule has 1 aromatic rings. The van der Waals surface area contributed by atoms with E-state index < -0.39 is 0 Å². The average Bonchev–Trinajstić information content (AvgIpc) is 2.64. The molecular weight excluding hydrogens is 218 g/mol. The lowest BCUT2D eigenvalue weighted by molar-refractivity contribution is 0.0786. The zero-order valence-corrected chi connectivity index (χ0v) is 10.9. The molecule has 3 heteroatoms. The van der Waals surface area contributed by atoms with Crippen molar-refractivity contribution in [1.82, 2.24) is 4.90 Å². The first kappa shape index (κ1) is 10.3. The van der Waals surface area contributed by atoms with Gasteiger partial charge >= 0.3 is 0 Å². The van der Waals surface area contributed by atoms with Gasteiger partial charge in [-0.2, -0.15) is 0 Å². The second kappa shape index (κ2) is 3.10. The molecule has 0 radical (unpaired) electrons. The third kappa shape index (κ3) is 1.34. The Balaban J connectivity index is 2.08. The van der Waals surface area contributed by atoms with Crippen LogP contribution in [0.15, 0.2) is 0 Å². The van der Waals surface area contributed by atoms with Gasteiger partial charge in [0.1, 0.15) is 0 Å². The molecule has 1 amide bonds. The Bertz CT molecular complexity index is 473. The van der Waals surface area contributed by atoms with Crippen LogP contribution in [0.1, 0.15) is 39.5 Å². The monoisotopic (exact) mass is 235 g/mol. The van der Waals surface area contributed by atoms with E-state index in [1.807, 2.05) is 11.9 Å². The SMILES string of the molecule is CN1CCc2c(sc3c2CC(C)(C)C3)C1=O. The lowest BCUT2D eigenvalue weighted by Gasteiger charge is -2.24. The van der Waals surface area contributed by atoms with Crippen LogP contribution in [0.2, 0.25) is 0 Å². The first-order valence-corrected chi connectivity index (χ1v) is 6.68. The summed E-state index contributed by atoms with van der Waals surface area (Å²) < 4.78 is 0. The molecule has 0 saturated carbocycles. The Labute approximate surface area is 100 Å². The summed E-state index contributed by atoms with van der Waals surface area (Å²) in [6, 6.07) is 0. The van der Waals surface area contributed by atoms with Crippen LogP contribution in [0, 0.1) is 5.41 Å². The highest BCUT2D eigenvalue weighted by molar-refractivity contribution is 7.14. The van der Waals surface area contributed by atoms with E-state index in [-0.39, 0.29) is 5.91 Å². The van der Waals surface area contributed by atoms with Gasteiger partial charge in [-0.05, 0) is 35.8 Å². The van der Waals surface area contributed by atoms with Crippen molar-refractivity contribution in [2.75, 3.05) is 13.6 Å². The van der Waals surface area contributed by atoms with E-state index in [9.17, 15) is 4.79 Å². The predicted molar refractivity (Wildman–Crippen MR) is 66.2 cm³/mol. The fourth-order valence-corrected chi connectivity index (χ4v) is 4.49. The van der Waals surface area contributed by atoms with Gasteiger partial charge in [0.2, 0.25) is 0 Å². The van der Waals surface area contributed by atoms with Gasteiger partial charge in [-0.15, -0.1) is 11.3 Å². The molecule has 0 bridgehead atoms. The number of hydrogen-bond acceptors (Lipinski definition) is 2. The lowest BCUT2D eigenvalue weighted by atomic mass is 9.89. The maximum Gasteiger partial charge on any atom is 0.263 e. The molecule has 0 spiro atoms. The number of rotatable bonds is 0. The Kier molecular flexibility index (Phi) is 2.00. The highest BCUT2D eigenvalue weighted by Crippen LogP contribution is 2.44. The summed E-state index contributed by atoms with van der Waals surface area (Å²) in [5.74, 6) is 0.235. The van der Waals surface area contributed by atoms with E-state index in [1.165, 1.54) is 16.0 Å². The predicted octanol–water partition coefficient (Wildman–Crippen LogP) is 2.50. The summed E-state index contributed by atoms with van der Waals surface area (Å²) in [6.07, 6.45) is 3.36. The van der Waals surface area contributed by atoms with Crippen LogP contribution < -0.4 is 0 Å². The normalized spacial score (nSPS) is 22.2. The molecule has 1 aliphatic heterocycles. The molecule has 3 rings (SSSR count). The average molecular weight is 235 g/mol. The molecule has 1 aliphatic carbocycles. The lowest BCUT2D eigenvalue weighted by Crippen LogP contribution is -2.33. The van der Waals surface area contributed by atoms with E-state index in [0.717, 1.165) is 30.7 Å². The summed E-state index contributed by atoms with van der Waals surface area (Å²) in [4.78, 5) is 16.4. The van der Waals surface area contributed by atoms with E-state index >= 15 is 0 Å². The highest BCUT2D eigenvalue weighted by Gasteiger charge is 2.36. The Morgan fingerprint density at radius 3 is 2.75 bits per heavy atom. The number of nitrogens with zero attached hydrogens (tertiary/aromatic N) is 1.